The molecule has 2 aromatic carbocycles. The summed E-state index contributed by atoms with van der Waals surface area (Å²) in [7, 11) is 0. The first-order valence-corrected chi connectivity index (χ1v) is 8.91. The van der Waals surface area contributed by atoms with Gasteiger partial charge in [0.25, 0.3) is 0 Å². The Morgan fingerprint density at radius 2 is 1.52 bits per heavy atom. The van der Waals surface area contributed by atoms with Crippen LogP contribution >= 0.6 is 0 Å². The number of aryl methyl sites for hydroxylation is 1. The Hall–Kier alpha value is -1.76. The number of ether oxygens (including phenoxy) is 1. The zero-order chi connectivity index (χ0) is 16.5. The van der Waals surface area contributed by atoms with Gasteiger partial charge < -0.3 is 4.74 Å². The molecule has 0 saturated heterocycles. The van der Waals surface area contributed by atoms with Crippen molar-refractivity contribution in [3.05, 3.63) is 65.7 Å². The zero-order valence-electron chi connectivity index (χ0n) is 14.8. The van der Waals surface area contributed by atoms with Crippen molar-refractivity contribution in [1.82, 2.24) is 0 Å². The van der Waals surface area contributed by atoms with E-state index in [9.17, 15) is 0 Å². The molecule has 2 rings (SSSR count). The lowest BCUT2D eigenvalue weighted by molar-refractivity contribution is 0.108. The summed E-state index contributed by atoms with van der Waals surface area (Å²) in [4.78, 5) is 0. The molecule has 0 atom stereocenters. The standard InChI is InChI=1S/C22H30O/c1-4-5-6-10-15-20-16-11-12-17-21(20)23-22(2,3)18-19-13-8-7-9-14-19/h7-9,11-14,16-17H,4-6,10,15,18H2,1-3H3. The molecule has 0 radical (unpaired) electrons. The van der Waals surface area contributed by atoms with E-state index in [1.807, 2.05) is 0 Å². The molecule has 0 aromatic heterocycles. The second kappa shape index (κ2) is 8.76. The van der Waals surface area contributed by atoms with E-state index in [1.54, 1.807) is 0 Å². The number of rotatable bonds is 9. The quantitative estimate of drug-likeness (QED) is 0.500. The van der Waals surface area contributed by atoms with Crippen LogP contribution in [0.4, 0.5) is 0 Å². The topological polar surface area (TPSA) is 9.23 Å². The minimum atomic E-state index is -0.207. The minimum Gasteiger partial charge on any atom is -0.487 e. The molecule has 2 aromatic rings. The molecule has 124 valence electrons. The number of benzene rings is 2. The van der Waals surface area contributed by atoms with E-state index >= 15 is 0 Å². The molecule has 1 nitrogen and oxygen atoms in total. The van der Waals surface area contributed by atoms with Crippen molar-refractivity contribution in [2.24, 2.45) is 0 Å². The van der Waals surface area contributed by atoms with Crippen molar-refractivity contribution >= 4 is 0 Å². The molecule has 0 N–H and O–H groups in total. The summed E-state index contributed by atoms with van der Waals surface area (Å²) in [5.74, 6) is 1.05. The fourth-order valence-corrected chi connectivity index (χ4v) is 2.97. The van der Waals surface area contributed by atoms with Gasteiger partial charge in [-0.15, -0.1) is 0 Å². The van der Waals surface area contributed by atoms with Crippen LogP contribution in [-0.2, 0) is 12.8 Å². The molecule has 0 amide bonds. The Kier molecular flexibility index (Phi) is 6.70. The Morgan fingerprint density at radius 3 is 2.26 bits per heavy atom. The van der Waals surface area contributed by atoms with Crippen LogP contribution in [0.1, 0.15) is 57.6 Å². The molecule has 0 unspecified atom stereocenters. The van der Waals surface area contributed by atoms with E-state index in [0.29, 0.717) is 0 Å². The fourth-order valence-electron chi connectivity index (χ4n) is 2.97. The molecular formula is C22H30O. The molecule has 0 aliphatic carbocycles. The predicted octanol–water partition coefficient (Wildman–Crippen LogP) is 6.21. The van der Waals surface area contributed by atoms with Gasteiger partial charge in [0.1, 0.15) is 11.4 Å². The number of hydrogen-bond acceptors (Lipinski definition) is 1. The Morgan fingerprint density at radius 1 is 0.826 bits per heavy atom. The van der Waals surface area contributed by atoms with Crippen molar-refractivity contribution < 1.29 is 4.74 Å². The average molecular weight is 310 g/mol. The molecule has 23 heavy (non-hydrogen) atoms. The SMILES string of the molecule is CCCCCCc1ccccc1OC(C)(C)Cc1ccccc1. The number of para-hydroxylation sites is 1. The van der Waals surface area contributed by atoms with E-state index in [1.165, 1.54) is 36.8 Å². The first-order valence-electron chi connectivity index (χ1n) is 8.91. The third-order valence-corrected chi connectivity index (χ3v) is 4.13. The van der Waals surface area contributed by atoms with Gasteiger partial charge in [-0.25, -0.2) is 0 Å². The minimum absolute atomic E-state index is 0.207. The van der Waals surface area contributed by atoms with Crippen molar-refractivity contribution in [3.63, 3.8) is 0 Å². The summed E-state index contributed by atoms with van der Waals surface area (Å²) in [5.41, 5.74) is 2.45. The normalized spacial score (nSPS) is 11.4. The fraction of sp³-hybridized carbons (Fsp3) is 0.455. The zero-order valence-corrected chi connectivity index (χ0v) is 14.8. The van der Waals surface area contributed by atoms with Crippen molar-refractivity contribution in [3.8, 4) is 5.75 Å². The Bertz CT molecular complexity index is 572. The Balaban J connectivity index is 2.00. The van der Waals surface area contributed by atoms with Gasteiger partial charge in [0, 0.05) is 6.42 Å². The maximum absolute atomic E-state index is 6.39. The first-order chi connectivity index (χ1) is 11.1. The van der Waals surface area contributed by atoms with Crippen LogP contribution in [0.25, 0.3) is 0 Å². The van der Waals surface area contributed by atoms with Gasteiger partial charge >= 0.3 is 0 Å². The van der Waals surface area contributed by atoms with Crippen LogP contribution in [-0.4, -0.2) is 5.60 Å². The molecule has 1 heteroatoms. The highest BCUT2D eigenvalue weighted by Gasteiger charge is 2.21. The van der Waals surface area contributed by atoms with Gasteiger partial charge in [0.05, 0.1) is 0 Å². The van der Waals surface area contributed by atoms with Crippen LogP contribution in [0.5, 0.6) is 5.75 Å². The lowest BCUT2D eigenvalue weighted by Gasteiger charge is -2.28. The average Bonchev–Trinajstić information content (AvgIpc) is 2.53. The number of hydrogen-bond donors (Lipinski definition) is 0. The maximum Gasteiger partial charge on any atom is 0.123 e. The van der Waals surface area contributed by atoms with Gasteiger partial charge in [0.15, 0.2) is 0 Å². The highest BCUT2D eigenvalue weighted by atomic mass is 16.5. The molecule has 0 aliphatic rings. The highest BCUT2D eigenvalue weighted by molar-refractivity contribution is 5.34. The molecular weight excluding hydrogens is 280 g/mol. The summed E-state index contributed by atoms with van der Waals surface area (Å²) in [6, 6.07) is 19.1. The monoisotopic (exact) mass is 310 g/mol. The Labute approximate surface area is 141 Å². The third-order valence-electron chi connectivity index (χ3n) is 4.13. The van der Waals surface area contributed by atoms with E-state index in [2.05, 4.69) is 75.4 Å². The highest BCUT2D eigenvalue weighted by Crippen LogP contribution is 2.27. The summed E-state index contributed by atoms with van der Waals surface area (Å²) in [6.07, 6.45) is 7.17. The number of unbranched alkanes of at least 4 members (excludes halogenated alkanes) is 3. The van der Waals surface area contributed by atoms with Crippen LogP contribution in [0.2, 0.25) is 0 Å². The van der Waals surface area contributed by atoms with Gasteiger partial charge in [-0.2, -0.15) is 0 Å². The molecule has 0 aliphatic heterocycles. The van der Waals surface area contributed by atoms with Gasteiger partial charge in [-0.05, 0) is 43.9 Å². The largest absolute Gasteiger partial charge is 0.487 e. The van der Waals surface area contributed by atoms with Gasteiger partial charge in [-0.3, -0.25) is 0 Å². The molecule has 0 saturated carbocycles. The summed E-state index contributed by atoms with van der Waals surface area (Å²) >= 11 is 0. The van der Waals surface area contributed by atoms with Gasteiger partial charge in [0.2, 0.25) is 0 Å². The van der Waals surface area contributed by atoms with E-state index in [4.69, 9.17) is 4.74 Å². The van der Waals surface area contributed by atoms with Crippen LogP contribution < -0.4 is 4.74 Å². The van der Waals surface area contributed by atoms with E-state index in [-0.39, 0.29) is 5.60 Å². The molecule has 0 spiro atoms. The predicted molar refractivity (Wildman–Crippen MR) is 99.1 cm³/mol. The van der Waals surface area contributed by atoms with Crippen LogP contribution in [0, 0.1) is 0 Å². The second-order valence-electron chi connectivity index (χ2n) is 6.94. The summed E-state index contributed by atoms with van der Waals surface area (Å²) in [6.45, 7) is 6.60. The molecule has 0 fully saturated rings. The third kappa shape index (κ3) is 6.09. The van der Waals surface area contributed by atoms with Crippen molar-refractivity contribution in [2.45, 2.75) is 64.9 Å². The second-order valence-corrected chi connectivity index (χ2v) is 6.94. The lowest BCUT2D eigenvalue weighted by Crippen LogP contribution is -2.31. The maximum atomic E-state index is 6.39. The molecule has 0 bridgehead atoms. The van der Waals surface area contributed by atoms with E-state index < -0.39 is 0 Å². The molecule has 0 heterocycles. The first kappa shape index (κ1) is 17.6. The van der Waals surface area contributed by atoms with Crippen LogP contribution in [0.3, 0.4) is 0 Å². The summed E-state index contributed by atoms with van der Waals surface area (Å²) < 4.78 is 6.39. The van der Waals surface area contributed by atoms with Crippen molar-refractivity contribution in [1.29, 1.82) is 0 Å². The van der Waals surface area contributed by atoms with Crippen LogP contribution in [0.15, 0.2) is 54.6 Å². The summed E-state index contributed by atoms with van der Waals surface area (Å²) in [5, 5.41) is 0. The van der Waals surface area contributed by atoms with E-state index in [0.717, 1.165) is 18.6 Å². The van der Waals surface area contributed by atoms with Gasteiger partial charge in [-0.1, -0.05) is 74.7 Å². The smallest absolute Gasteiger partial charge is 0.123 e. The lowest BCUT2D eigenvalue weighted by atomic mass is 9.98. The van der Waals surface area contributed by atoms with Crippen molar-refractivity contribution in [2.75, 3.05) is 0 Å².